The second kappa shape index (κ2) is 8.62. The van der Waals surface area contributed by atoms with Crippen LogP contribution in [0.5, 0.6) is 5.75 Å². The molecule has 0 atom stereocenters. The van der Waals surface area contributed by atoms with E-state index in [0.29, 0.717) is 0 Å². The van der Waals surface area contributed by atoms with E-state index >= 15 is 0 Å². The van der Waals surface area contributed by atoms with Crippen LogP contribution in [0.3, 0.4) is 0 Å². The molecule has 1 aromatic rings. The normalized spacial score (nSPS) is 17.6. The third-order valence-corrected chi connectivity index (χ3v) is 5.17. The molecule has 1 N–H and O–H groups in total. The van der Waals surface area contributed by atoms with Gasteiger partial charge in [-0.2, -0.15) is 5.10 Å². The standard InChI is InChI=1S/C14H11BrIN3O4S/c1-22-10-4-9(16)7(3-8(10)15)6-17-19-14-18-13(21)11(24-14)5-12(20)23-2/h3-6H,1-2H3,(H,18,19,21)/b11-5+,17-6?. The number of nitrogens with zero attached hydrogens (tertiary/aromatic N) is 2. The van der Waals surface area contributed by atoms with Gasteiger partial charge in [-0.1, -0.05) is 0 Å². The molecule has 24 heavy (non-hydrogen) atoms. The van der Waals surface area contributed by atoms with Crippen molar-refractivity contribution in [2.75, 3.05) is 14.2 Å². The maximum Gasteiger partial charge on any atom is 0.331 e. The van der Waals surface area contributed by atoms with Gasteiger partial charge in [0.2, 0.25) is 0 Å². The van der Waals surface area contributed by atoms with E-state index in [1.807, 2.05) is 12.1 Å². The quantitative estimate of drug-likeness (QED) is 0.215. The van der Waals surface area contributed by atoms with E-state index in [-0.39, 0.29) is 10.1 Å². The summed E-state index contributed by atoms with van der Waals surface area (Å²) in [6, 6.07) is 3.72. The number of ether oxygens (including phenoxy) is 2. The van der Waals surface area contributed by atoms with Gasteiger partial charge in [0.05, 0.1) is 29.8 Å². The summed E-state index contributed by atoms with van der Waals surface area (Å²) in [6.45, 7) is 0. The number of carbonyl (C=O) groups is 2. The van der Waals surface area contributed by atoms with Crippen LogP contribution in [0.2, 0.25) is 0 Å². The average Bonchev–Trinajstić information content (AvgIpc) is 2.89. The maximum atomic E-state index is 11.7. The number of hydrogen-bond donors (Lipinski definition) is 1. The number of carbonyl (C=O) groups excluding carboxylic acids is 2. The van der Waals surface area contributed by atoms with Crippen LogP contribution in [0.1, 0.15) is 5.56 Å². The highest BCUT2D eigenvalue weighted by atomic mass is 127. The Morgan fingerprint density at radius 3 is 2.83 bits per heavy atom. The monoisotopic (exact) mass is 523 g/mol. The molecular weight excluding hydrogens is 513 g/mol. The number of nitrogens with one attached hydrogen (secondary N) is 1. The van der Waals surface area contributed by atoms with Crippen molar-refractivity contribution in [3.05, 3.63) is 36.7 Å². The third-order valence-electron chi connectivity index (χ3n) is 2.72. The van der Waals surface area contributed by atoms with Crippen LogP contribution in [0.25, 0.3) is 0 Å². The van der Waals surface area contributed by atoms with Gasteiger partial charge in [0, 0.05) is 15.2 Å². The number of amidine groups is 1. The molecule has 1 saturated heterocycles. The first-order valence-electron chi connectivity index (χ1n) is 6.37. The molecule has 0 unspecified atom stereocenters. The van der Waals surface area contributed by atoms with Crippen molar-refractivity contribution in [3.63, 3.8) is 0 Å². The summed E-state index contributed by atoms with van der Waals surface area (Å²) in [4.78, 5) is 23.0. The zero-order valence-corrected chi connectivity index (χ0v) is 17.1. The van der Waals surface area contributed by atoms with Crippen LogP contribution < -0.4 is 10.1 Å². The van der Waals surface area contributed by atoms with Gasteiger partial charge in [0.15, 0.2) is 5.17 Å². The summed E-state index contributed by atoms with van der Waals surface area (Å²) < 4.78 is 11.4. The first-order valence-corrected chi connectivity index (χ1v) is 9.06. The highest BCUT2D eigenvalue weighted by Crippen LogP contribution is 2.29. The van der Waals surface area contributed by atoms with E-state index < -0.39 is 11.9 Å². The molecule has 7 nitrogen and oxygen atoms in total. The number of esters is 1. The lowest BCUT2D eigenvalue weighted by Crippen LogP contribution is -2.19. The number of amides is 1. The lowest BCUT2D eigenvalue weighted by atomic mass is 10.2. The minimum atomic E-state index is -0.602. The second-order valence-electron chi connectivity index (χ2n) is 4.25. The lowest BCUT2D eigenvalue weighted by molar-refractivity contribution is -0.135. The number of benzene rings is 1. The minimum Gasteiger partial charge on any atom is -0.496 e. The molecule has 0 saturated carbocycles. The predicted octanol–water partition coefficient (Wildman–Crippen LogP) is 2.67. The van der Waals surface area contributed by atoms with Crippen molar-refractivity contribution in [3.8, 4) is 5.75 Å². The van der Waals surface area contributed by atoms with Crippen LogP contribution in [-0.4, -0.2) is 37.5 Å². The van der Waals surface area contributed by atoms with Crippen molar-refractivity contribution in [1.82, 2.24) is 5.32 Å². The zero-order valence-electron chi connectivity index (χ0n) is 12.5. The smallest absolute Gasteiger partial charge is 0.331 e. The summed E-state index contributed by atoms with van der Waals surface area (Å²) >= 11 is 6.58. The number of methoxy groups -OCH3 is 2. The van der Waals surface area contributed by atoms with Crippen molar-refractivity contribution < 1.29 is 19.1 Å². The molecule has 1 amide bonds. The van der Waals surface area contributed by atoms with Crippen molar-refractivity contribution in [2.24, 2.45) is 10.2 Å². The van der Waals surface area contributed by atoms with E-state index in [4.69, 9.17) is 4.74 Å². The van der Waals surface area contributed by atoms with Crippen LogP contribution in [0.15, 0.2) is 37.8 Å². The van der Waals surface area contributed by atoms with E-state index in [2.05, 4.69) is 58.8 Å². The second-order valence-corrected chi connectivity index (χ2v) is 7.29. The molecule has 126 valence electrons. The molecule has 0 spiro atoms. The highest BCUT2D eigenvalue weighted by molar-refractivity contribution is 14.1. The van der Waals surface area contributed by atoms with E-state index in [9.17, 15) is 9.59 Å². The first-order chi connectivity index (χ1) is 11.4. The topological polar surface area (TPSA) is 89.3 Å². The Hall–Kier alpha value is -1.40. The van der Waals surface area contributed by atoms with Crippen LogP contribution in [0.4, 0.5) is 0 Å². The Kier molecular flexibility index (Phi) is 6.80. The van der Waals surface area contributed by atoms with Gasteiger partial charge in [-0.3, -0.25) is 10.1 Å². The maximum absolute atomic E-state index is 11.7. The Morgan fingerprint density at radius 1 is 1.42 bits per heavy atom. The van der Waals surface area contributed by atoms with Gasteiger partial charge < -0.3 is 9.47 Å². The van der Waals surface area contributed by atoms with Crippen molar-refractivity contribution >= 4 is 73.5 Å². The van der Waals surface area contributed by atoms with Crippen LogP contribution >= 0.6 is 50.3 Å². The Balaban J connectivity index is 2.13. The predicted molar refractivity (Wildman–Crippen MR) is 104 cm³/mol. The number of hydrogen-bond acceptors (Lipinski definition) is 7. The van der Waals surface area contributed by atoms with Gasteiger partial charge in [-0.25, -0.2) is 4.79 Å². The highest BCUT2D eigenvalue weighted by Gasteiger charge is 2.25. The molecule has 1 fully saturated rings. The van der Waals surface area contributed by atoms with Gasteiger partial charge >= 0.3 is 5.97 Å². The van der Waals surface area contributed by atoms with Gasteiger partial charge in [0.25, 0.3) is 5.91 Å². The third kappa shape index (κ3) is 4.80. The van der Waals surface area contributed by atoms with Crippen LogP contribution in [0, 0.1) is 3.57 Å². The largest absolute Gasteiger partial charge is 0.496 e. The Labute approximate surface area is 164 Å². The first kappa shape index (κ1) is 18.9. The Morgan fingerprint density at radius 2 is 2.17 bits per heavy atom. The lowest BCUT2D eigenvalue weighted by Gasteiger charge is -2.05. The van der Waals surface area contributed by atoms with Gasteiger partial charge in [-0.15, -0.1) is 5.10 Å². The summed E-state index contributed by atoms with van der Waals surface area (Å²) in [6.07, 6.45) is 2.67. The molecular formula is C14H11BrIN3O4S. The molecule has 1 heterocycles. The zero-order chi connectivity index (χ0) is 17.7. The molecule has 0 aliphatic carbocycles. The molecule has 1 aliphatic heterocycles. The molecule has 1 aliphatic rings. The number of rotatable bonds is 4. The summed E-state index contributed by atoms with van der Waals surface area (Å²) in [5.41, 5.74) is 0.840. The van der Waals surface area contributed by atoms with Crippen molar-refractivity contribution in [2.45, 2.75) is 0 Å². The van der Waals surface area contributed by atoms with Crippen molar-refractivity contribution in [1.29, 1.82) is 0 Å². The SMILES string of the molecule is COC(=O)/C=C1/S/C(=N\N=Cc2cc(Br)c(OC)cc2I)NC1=O. The van der Waals surface area contributed by atoms with E-state index in [0.717, 1.165) is 37.2 Å². The number of thioether (sulfide) groups is 1. The molecule has 10 heteroatoms. The number of halogens is 2. The summed E-state index contributed by atoms with van der Waals surface area (Å²) in [7, 11) is 2.83. The fourth-order valence-electron chi connectivity index (χ4n) is 1.58. The van der Waals surface area contributed by atoms with E-state index in [1.165, 1.54) is 7.11 Å². The molecule has 0 bridgehead atoms. The summed E-state index contributed by atoms with van der Waals surface area (Å²) in [5.74, 6) is -0.296. The molecule has 2 rings (SSSR count). The minimum absolute atomic E-state index is 0.206. The van der Waals surface area contributed by atoms with Gasteiger partial charge in [0.1, 0.15) is 5.75 Å². The molecule has 0 aromatic heterocycles. The molecule has 0 radical (unpaired) electrons. The average molecular weight is 524 g/mol. The van der Waals surface area contributed by atoms with Gasteiger partial charge in [-0.05, 0) is 62.4 Å². The van der Waals surface area contributed by atoms with Crippen LogP contribution in [-0.2, 0) is 14.3 Å². The van der Waals surface area contributed by atoms with E-state index in [1.54, 1.807) is 13.3 Å². The Bertz CT molecular complexity index is 780. The fraction of sp³-hybridized carbons (Fsp3) is 0.143. The summed E-state index contributed by atoms with van der Waals surface area (Å²) in [5, 5.41) is 10.7. The molecule has 1 aromatic carbocycles. The fourth-order valence-corrected chi connectivity index (χ4v) is 3.42.